The maximum atomic E-state index is 12.2. The lowest BCUT2D eigenvalue weighted by molar-refractivity contribution is 0.0461. The molecule has 1 aromatic carbocycles. The summed E-state index contributed by atoms with van der Waals surface area (Å²) < 4.78 is 10.4. The predicted molar refractivity (Wildman–Crippen MR) is 65.9 cm³/mol. The van der Waals surface area contributed by atoms with Crippen LogP contribution in [-0.4, -0.2) is 26.1 Å². The quantitative estimate of drug-likeness (QED) is 0.778. The third-order valence-corrected chi connectivity index (χ3v) is 3.26. The van der Waals surface area contributed by atoms with Crippen LogP contribution in [0.5, 0.6) is 5.75 Å². The maximum absolute atomic E-state index is 12.2. The van der Waals surface area contributed by atoms with Gasteiger partial charge in [0.1, 0.15) is 5.75 Å². The summed E-state index contributed by atoms with van der Waals surface area (Å²) in [6.07, 6.45) is 1.84. The van der Waals surface area contributed by atoms with E-state index in [1.165, 1.54) is 0 Å². The van der Waals surface area contributed by atoms with Crippen molar-refractivity contribution in [1.82, 2.24) is 0 Å². The highest BCUT2D eigenvalue weighted by molar-refractivity contribution is 6.32. The Morgan fingerprint density at radius 1 is 1.53 bits per heavy atom. The van der Waals surface area contributed by atoms with E-state index < -0.39 is 0 Å². The largest absolute Gasteiger partial charge is 0.495 e. The highest BCUT2D eigenvalue weighted by Gasteiger charge is 2.23. The molecule has 1 aromatic rings. The fraction of sp³-hybridized carbons (Fsp3) is 0.462. The summed E-state index contributed by atoms with van der Waals surface area (Å²) in [5.74, 6) is 0.658. The van der Waals surface area contributed by atoms with Crippen LogP contribution >= 0.6 is 11.6 Å². The van der Waals surface area contributed by atoms with Gasteiger partial charge in [0.05, 0.1) is 18.7 Å². The highest BCUT2D eigenvalue weighted by Crippen LogP contribution is 2.27. The molecule has 1 saturated heterocycles. The molecule has 17 heavy (non-hydrogen) atoms. The first-order valence-electron chi connectivity index (χ1n) is 5.68. The molecule has 0 aromatic heterocycles. The third-order valence-electron chi connectivity index (χ3n) is 2.97. The van der Waals surface area contributed by atoms with Crippen LogP contribution in [0, 0.1) is 5.92 Å². The van der Waals surface area contributed by atoms with Gasteiger partial charge in [-0.1, -0.05) is 11.6 Å². The molecule has 3 nitrogen and oxygen atoms in total. The van der Waals surface area contributed by atoms with Crippen molar-refractivity contribution < 1.29 is 14.3 Å². The van der Waals surface area contributed by atoms with Gasteiger partial charge in [0.15, 0.2) is 5.78 Å². The SMILES string of the molecule is COc1ccc(C(=O)C2CCCOC2)cc1Cl. The van der Waals surface area contributed by atoms with E-state index in [0.717, 1.165) is 19.4 Å². The average Bonchev–Trinajstić information content (AvgIpc) is 2.39. The van der Waals surface area contributed by atoms with Gasteiger partial charge >= 0.3 is 0 Å². The summed E-state index contributed by atoms with van der Waals surface area (Å²) >= 11 is 6.00. The lowest BCUT2D eigenvalue weighted by Crippen LogP contribution is -2.25. The Balaban J connectivity index is 2.16. The number of ether oxygens (including phenoxy) is 2. The zero-order valence-electron chi connectivity index (χ0n) is 9.74. The van der Waals surface area contributed by atoms with Gasteiger partial charge in [0.2, 0.25) is 0 Å². The van der Waals surface area contributed by atoms with Crippen LogP contribution in [0.15, 0.2) is 18.2 Å². The van der Waals surface area contributed by atoms with Crippen molar-refractivity contribution in [2.45, 2.75) is 12.8 Å². The van der Waals surface area contributed by atoms with Crippen LogP contribution in [0.3, 0.4) is 0 Å². The van der Waals surface area contributed by atoms with Crippen LogP contribution in [0.2, 0.25) is 5.02 Å². The van der Waals surface area contributed by atoms with Crippen LogP contribution in [0.1, 0.15) is 23.2 Å². The Morgan fingerprint density at radius 2 is 2.35 bits per heavy atom. The molecule has 92 valence electrons. The minimum absolute atomic E-state index is 0.0341. The van der Waals surface area contributed by atoms with Gasteiger partial charge in [0.25, 0.3) is 0 Å². The molecule has 1 fully saturated rings. The number of carbonyl (C=O) groups is 1. The zero-order chi connectivity index (χ0) is 12.3. The Bertz CT molecular complexity index is 411. The fourth-order valence-corrected chi connectivity index (χ4v) is 2.26. The Kier molecular flexibility index (Phi) is 4.02. The topological polar surface area (TPSA) is 35.5 Å². The molecule has 0 aliphatic carbocycles. The summed E-state index contributed by atoms with van der Waals surface area (Å²) in [4.78, 5) is 12.2. The summed E-state index contributed by atoms with van der Waals surface area (Å²) in [5.41, 5.74) is 0.631. The van der Waals surface area contributed by atoms with Crippen molar-refractivity contribution in [3.63, 3.8) is 0 Å². The molecule has 0 N–H and O–H groups in total. The minimum atomic E-state index is -0.0341. The zero-order valence-corrected chi connectivity index (χ0v) is 10.5. The van der Waals surface area contributed by atoms with Gasteiger partial charge in [-0.15, -0.1) is 0 Å². The first-order chi connectivity index (χ1) is 8.22. The van der Waals surface area contributed by atoms with Crippen LogP contribution < -0.4 is 4.74 Å². The number of hydrogen-bond acceptors (Lipinski definition) is 3. The van der Waals surface area contributed by atoms with E-state index >= 15 is 0 Å². The molecule has 1 aliphatic heterocycles. The molecule has 0 spiro atoms. The molecule has 2 rings (SSSR count). The second kappa shape index (κ2) is 5.52. The molecule has 0 radical (unpaired) electrons. The number of methoxy groups -OCH3 is 1. The summed E-state index contributed by atoms with van der Waals surface area (Å²) in [6, 6.07) is 5.14. The van der Waals surface area contributed by atoms with Crippen LogP contribution in [0.4, 0.5) is 0 Å². The predicted octanol–water partition coefficient (Wildman–Crippen LogP) is 2.96. The van der Waals surface area contributed by atoms with Crippen LogP contribution in [-0.2, 0) is 4.74 Å². The number of Topliss-reactive ketones (excluding diaryl/α,β-unsaturated/α-hetero) is 1. The smallest absolute Gasteiger partial charge is 0.168 e. The van der Waals surface area contributed by atoms with E-state index in [9.17, 15) is 4.79 Å². The lowest BCUT2D eigenvalue weighted by Gasteiger charge is -2.21. The molecular formula is C13H15ClO3. The van der Waals surface area contributed by atoms with Crippen molar-refractivity contribution in [3.8, 4) is 5.75 Å². The van der Waals surface area contributed by atoms with Crippen molar-refractivity contribution in [3.05, 3.63) is 28.8 Å². The molecule has 1 aliphatic rings. The molecule has 4 heteroatoms. The number of ketones is 1. The second-order valence-electron chi connectivity index (χ2n) is 4.13. The molecule has 1 unspecified atom stereocenters. The first-order valence-corrected chi connectivity index (χ1v) is 6.05. The molecule has 1 atom stereocenters. The van der Waals surface area contributed by atoms with Crippen molar-refractivity contribution in [2.24, 2.45) is 5.92 Å². The van der Waals surface area contributed by atoms with Gasteiger partial charge in [0, 0.05) is 18.1 Å². The summed E-state index contributed by atoms with van der Waals surface area (Å²) in [7, 11) is 1.55. The van der Waals surface area contributed by atoms with Crippen LogP contribution in [0.25, 0.3) is 0 Å². The molecular weight excluding hydrogens is 240 g/mol. The number of halogens is 1. The fourth-order valence-electron chi connectivity index (χ4n) is 2.00. The first kappa shape index (κ1) is 12.4. The number of benzene rings is 1. The number of rotatable bonds is 3. The van der Waals surface area contributed by atoms with Crippen molar-refractivity contribution in [1.29, 1.82) is 0 Å². The van der Waals surface area contributed by atoms with Gasteiger partial charge in [-0.3, -0.25) is 4.79 Å². The maximum Gasteiger partial charge on any atom is 0.168 e. The molecule has 0 amide bonds. The standard InChI is InChI=1S/C13H15ClO3/c1-16-12-5-4-9(7-11(12)14)13(15)10-3-2-6-17-8-10/h4-5,7,10H,2-3,6,8H2,1H3. The van der Waals surface area contributed by atoms with Crippen molar-refractivity contribution in [2.75, 3.05) is 20.3 Å². The normalized spacial score (nSPS) is 20.0. The van der Waals surface area contributed by atoms with E-state index in [1.807, 2.05) is 0 Å². The number of hydrogen-bond donors (Lipinski definition) is 0. The minimum Gasteiger partial charge on any atom is -0.495 e. The van der Waals surface area contributed by atoms with Gasteiger partial charge in [-0.2, -0.15) is 0 Å². The van der Waals surface area contributed by atoms with E-state index in [2.05, 4.69) is 0 Å². The van der Waals surface area contributed by atoms with E-state index in [-0.39, 0.29) is 11.7 Å². The van der Waals surface area contributed by atoms with E-state index in [0.29, 0.717) is 22.9 Å². The molecule has 0 bridgehead atoms. The molecule has 1 heterocycles. The lowest BCUT2D eigenvalue weighted by atomic mass is 9.93. The average molecular weight is 255 g/mol. The molecule has 0 saturated carbocycles. The second-order valence-corrected chi connectivity index (χ2v) is 4.53. The van der Waals surface area contributed by atoms with Gasteiger partial charge in [-0.25, -0.2) is 0 Å². The van der Waals surface area contributed by atoms with Gasteiger partial charge < -0.3 is 9.47 Å². The Morgan fingerprint density at radius 3 is 2.94 bits per heavy atom. The summed E-state index contributed by atoms with van der Waals surface area (Å²) in [5, 5.41) is 0.468. The Hall–Kier alpha value is -1.06. The van der Waals surface area contributed by atoms with E-state index in [4.69, 9.17) is 21.1 Å². The number of carbonyl (C=O) groups excluding carboxylic acids is 1. The highest BCUT2D eigenvalue weighted by atomic mass is 35.5. The summed E-state index contributed by atoms with van der Waals surface area (Å²) in [6.45, 7) is 1.27. The van der Waals surface area contributed by atoms with Gasteiger partial charge in [-0.05, 0) is 31.0 Å². The van der Waals surface area contributed by atoms with E-state index in [1.54, 1.807) is 25.3 Å². The Labute approximate surface area is 106 Å². The van der Waals surface area contributed by atoms with Crippen molar-refractivity contribution >= 4 is 17.4 Å². The monoisotopic (exact) mass is 254 g/mol. The third kappa shape index (κ3) is 2.79.